The first-order valence-electron chi connectivity index (χ1n) is 6.54. The molecule has 22 heavy (non-hydrogen) atoms. The van der Waals surface area contributed by atoms with Gasteiger partial charge >= 0.3 is 0 Å². The lowest BCUT2D eigenvalue weighted by Crippen LogP contribution is -2.14. The van der Waals surface area contributed by atoms with Gasteiger partial charge in [-0.1, -0.05) is 28.1 Å². The summed E-state index contributed by atoms with van der Waals surface area (Å²) in [7, 11) is 0. The Kier molecular flexibility index (Phi) is 3.89. The number of rotatable bonds is 4. The third-order valence-corrected chi connectivity index (χ3v) is 4.03. The largest absolute Gasteiger partial charge is 0.507 e. The van der Waals surface area contributed by atoms with Crippen molar-refractivity contribution in [3.8, 4) is 17.2 Å². The van der Waals surface area contributed by atoms with Gasteiger partial charge in [0.2, 0.25) is 13.3 Å². The van der Waals surface area contributed by atoms with Gasteiger partial charge in [-0.3, -0.25) is 10.1 Å². The normalized spacial score (nSPS) is 13.9. The highest BCUT2D eigenvalue weighted by Crippen LogP contribution is 2.42. The molecule has 0 saturated carbocycles. The lowest BCUT2D eigenvalue weighted by atomic mass is 9.90. The highest BCUT2D eigenvalue weighted by molar-refractivity contribution is 9.10. The van der Waals surface area contributed by atoms with Crippen molar-refractivity contribution >= 4 is 15.9 Å². The average molecular weight is 366 g/mol. The minimum absolute atomic E-state index is 0.0426. The number of fused-ring (bicyclic) bond motifs is 1. The summed E-state index contributed by atoms with van der Waals surface area (Å²) in [6.07, 6.45) is 0. The topological polar surface area (TPSA) is 81.8 Å². The fourth-order valence-corrected chi connectivity index (χ4v) is 2.72. The maximum Gasteiger partial charge on any atom is 0.231 e. The van der Waals surface area contributed by atoms with Crippen LogP contribution in [0.25, 0.3) is 0 Å². The molecular formula is C15H12BrNO5. The molecule has 0 bridgehead atoms. The van der Waals surface area contributed by atoms with Crippen LogP contribution in [0, 0.1) is 10.1 Å². The molecular weight excluding hydrogens is 354 g/mol. The Morgan fingerprint density at radius 1 is 1.23 bits per heavy atom. The summed E-state index contributed by atoms with van der Waals surface area (Å²) >= 11 is 3.34. The van der Waals surface area contributed by atoms with Gasteiger partial charge in [-0.05, 0) is 23.8 Å². The van der Waals surface area contributed by atoms with Crippen LogP contribution in [0.3, 0.4) is 0 Å². The van der Waals surface area contributed by atoms with E-state index in [1.54, 1.807) is 18.2 Å². The molecule has 114 valence electrons. The monoisotopic (exact) mass is 365 g/mol. The van der Waals surface area contributed by atoms with E-state index in [4.69, 9.17) is 9.47 Å². The number of ether oxygens (including phenoxy) is 2. The zero-order valence-electron chi connectivity index (χ0n) is 11.4. The van der Waals surface area contributed by atoms with E-state index in [9.17, 15) is 15.2 Å². The number of nitrogens with zero attached hydrogens (tertiary/aromatic N) is 1. The lowest BCUT2D eigenvalue weighted by Gasteiger charge is -2.16. The van der Waals surface area contributed by atoms with Gasteiger partial charge in [0.15, 0.2) is 11.5 Å². The third-order valence-electron chi connectivity index (χ3n) is 3.50. The molecule has 2 aromatic carbocycles. The SMILES string of the molecule is O=[N+]([O-])CC(c1ccc(Br)cc1)c1cc2c(cc1O)OCO2. The molecule has 7 heteroatoms. The zero-order chi connectivity index (χ0) is 15.7. The van der Waals surface area contributed by atoms with Crippen molar-refractivity contribution in [2.45, 2.75) is 5.92 Å². The van der Waals surface area contributed by atoms with Gasteiger partial charge in [-0.25, -0.2) is 0 Å². The Balaban J connectivity index is 2.06. The molecule has 3 rings (SSSR count). The molecule has 6 nitrogen and oxygen atoms in total. The van der Waals surface area contributed by atoms with Crippen molar-refractivity contribution in [1.29, 1.82) is 0 Å². The molecule has 2 aromatic rings. The van der Waals surface area contributed by atoms with E-state index < -0.39 is 10.8 Å². The van der Waals surface area contributed by atoms with E-state index >= 15 is 0 Å². The predicted molar refractivity (Wildman–Crippen MR) is 82.1 cm³/mol. The Bertz CT molecular complexity index is 717. The van der Waals surface area contributed by atoms with Crippen LogP contribution in [-0.2, 0) is 0 Å². The first-order chi connectivity index (χ1) is 10.5. The Morgan fingerprint density at radius 2 is 1.86 bits per heavy atom. The van der Waals surface area contributed by atoms with Crippen LogP contribution < -0.4 is 9.47 Å². The Morgan fingerprint density at radius 3 is 2.50 bits per heavy atom. The molecule has 1 heterocycles. The third kappa shape index (κ3) is 2.85. The van der Waals surface area contributed by atoms with Crippen LogP contribution in [0.15, 0.2) is 40.9 Å². The smallest absolute Gasteiger partial charge is 0.231 e. The molecule has 1 N–H and O–H groups in total. The fourth-order valence-electron chi connectivity index (χ4n) is 2.45. The maximum atomic E-state index is 11.0. The molecule has 0 aromatic heterocycles. The summed E-state index contributed by atoms with van der Waals surface area (Å²) in [5, 5.41) is 21.2. The van der Waals surface area contributed by atoms with Crippen LogP contribution in [0.1, 0.15) is 17.0 Å². The minimum Gasteiger partial charge on any atom is -0.507 e. The van der Waals surface area contributed by atoms with Crippen LogP contribution in [0.5, 0.6) is 17.2 Å². The van der Waals surface area contributed by atoms with Gasteiger partial charge < -0.3 is 14.6 Å². The number of hydrogen-bond acceptors (Lipinski definition) is 5. The lowest BCUT2D eigenvalue weighted by molar-refractivity contribution is -0.481. The second kappa shape index (κ2) is 5.84. The van der Waals surface area contributed by atoms with Gasteiger partial charge in [-0.2, -0.15) is 0 Å². The van der Waals surface area contributed by atoms with E-state index in [1.165, 1.54) is 6.07 Å². The summed E-state index contributed by atoms with van der Waals surface area (Å²) in [4.78, 5) is 10.6. The number of aromatic hydroxyl groups is 1. The second-order valence-electron chi connectivity index (χ2n) is 4.88. The highest BCUT2D eigenvalue weighted by atomic mass is 79.9. The van der Waals surface area contributed by atoms with Crippen molar-refractivity contribution < 1.29 is 19.5 Å². The number of phenolic OH excluding ortho intramolecular Hbond substituents is 1. The number of halogens is 1. The van der Waals surface area contributed by atoms with Crippen molar-refractivity contribution in [2.24, 2.45) is 0 Å². The van der Waals surface area contributed by atoms with E-state index in [1.807, 2.05) is 12.1 Å². The number of phenols is 1. The van der Waals surface area contributed by atoms with Crippen LogP contribution >= 0.6 is 15.9 Å². The van der Waals surface area contributed by atoms with Crippen molar-refractivity contribution in [2.75, 3.05) is 13.3 Å². The molecule has 1 aliphatic heterocycles. The van der Waals surface area contributed by atoms with Gasteiger partial charge in [0.25, 0.3) is 0 Å². The standard InChI is InChI=1S/C15H12BrNO5/c16-10-3-1-9(2-4-10)12(7-17(19)20)11-5-14-15(6-13(11)18)22-8-21-14/h1-6,12,18H,7-8H2. The van der Waals surface area contributed by atoms with Gasteiger partial charge in [0, 0.05) is 21.0 Å². The quantitative estimate of drug-likeness (QED) is 0.663. The first kappa shape index (κ1) is 14.6. The molecule has 1 aliphatic rings. The summed E-state index contributed by atoms with van der Waals surface area (Å²) in [6.45, 7) is -0.245. The second-order valence-corrected chi connectivity index (χ2v) is 5.80. The highest BCUT2D eigenvalue weighted by Gasteiger charge is 2.26. The van der Waals surface area contributed by atoms with E-state index in [0.29, 0.717) is 17.1 Å². The van der Waals surface area contributed by atoms with E-state index in [2.05, 4.69) is 15.9 Å². The van der Waals surface area contributed by atoms with E-state index in [0.717, 1.165) is 10.0 Å². The van der Waals surface area contributed by atoms with Gasteiger partial charge in [0.05, 0.1) is 5.92 Å². The van der Waals surface area contributed by atoms with Gasteiger partial charge in [-0.15, -0.1) is 0 Å². The van der Waals surface area contributed by atoms with Crippen molar-refractivity contribution in [1.82, 2.24) is 0 Å². The number of hydrogen-bond donors (Lipinski definition) is 1. The Hall–Kier alpha value is -2.28. The van der Waals surface area contributed by atoms with Crippen molar-refractivity contribution in [3.05, 3.63) is 62.1 Å². The van der Waals surface area contributed by atoms with Crippen LogP contribution in [-0.4, -0.2) is 23.4 Å². The van der Waals surface area contributed by atoms with Gasteiger partial charge in [0.1, 0.15) is 5.75 Å². The van der Waals surface area contributed by atoms with Crippen LogP contribution in [0.2, 0.25) is 0 Å². The zero-order valence-corrected chi connectivity index (χ0v) is 12.9. The molecule has 0 aliphatic carbocycles. The fraction of sp³-hybridized carbons (Fsp3) is 0.200. The summed E-state index contributed by atoms with van der Waals surface area (Å²) in [5.74, 6) is 0.312. The first-order valence-corrected chi connectivity index (χ1v) is 7.33. The maximum absolute atomic E-state index is 11.0. The molecule has 1 unspecified atom stereocenters. The summed E-state index contributed by atoms with van der Waals surface area (Å²) in [5.41, 5.74) is 1.19. The summed E-state index contributed by atoms with van der Waals surface area (Å²) < 4.78 is 11.4. The molecule has 1 atom stereocenters. The molecule has 0 spiro atoms. The number of nitro groups is 1. The predicted octanol–water partition coefficient (Wildman–Crippen LogP) is 3.29. The van der Waals surface area contributed by atoms with Crippen LogP contribution in [0.4, 0.5) is 0 Å². The molecule has 0 radical (unpaired) electrons. The molecule has 0 fully saturated rings. The van der Waals surface area contributed by atoms with Crippen molar-refractivity contribution in [3.63, 3.8) is 0 Å². The van der Waals surface area contributed by atoms with E-state index in [-0.39, 0.29) is 19.1 Å². The molecule has 0 saturated heterocycles. The molecule has 0 amide bonds. The Labute approximate surface area is 134 Å². The summed E-state index contributed by atoms with van der Waals surface area (Å²) in [6, 6.07) is 10.3. The average Bonchev–Trinajstić information content (AvgIpc) is 2.92. The minimum atomic E-state index is -0.572. The number of benzene rings is 2.